The van der Waals surface area contributed by atoms with Gasteiger partial charge in [0.1, 0.15) is 17.6 Å². The number of hydrogen-bond donors (Lipinski definition) is 2. The maximum Gasteiger partial charge on any atom is 0.408 e. The van der Waals surface area contributed by atoms with Crippen LogP contribution in [0, 0.1) is 5.82 Å². The molecule has 0 bridgehead atoms. The summed E-state index contributed by atoms with van der Waals surface area (Å²) < 4.78 is 52.8. The van der Waals surface area contributed by atoms with Gasteiger partial charge in [0.05, 0.1) is 0 Å². The Hall–Kier alpha value is -1.34. The molecule has 19 heavy (non-hydrogen) atoms. The maximum atomic E-state index is 13.2. The minimum Gasteiger partial charge on any atom is -0.508 e. The Balaban J connectivity index is 2.39. The fourth-order valence-electron chi connectivity index (χ4n) is 2.26. The molecule has 1 heterocycles. The van der Waals surface area contributed by atoms with Crippen molar-refractivity contribution in [3.63, 3.8) is 0 Å². The summed E-state index contributed by atoms with van der Waals surface area (Å²) in [6.45, 7) is 1.26. The van der Waals surface area contributed by atoms with E-state index in [0.29, 0.717) is 13.1 Å². The van der Waals surface area contributed by atoms with Gasteiger partial charge >= 0.3 is 6.18 Å². The Labute approximate surface area is 107 Å². The average molecular weight is 278 g/mol. The normalized spacial score (nSPS) is 19.4. The number of alkyl halides is 3. The fraction of sp³-hybridized carbons (Fsp3) is 0.500. The van der Waals surface area contributed by atoms with Gasteiger partial charge in [0.15, 0.2) is 0 Å². The molecule has 1 saturated heterocycles. The second-order valence-electron chi connectivity index (χ2n) is 4.43. The molecule has 1 atom stereocenters. The third kappa shape index (κ3) is 3.16. The second kappa shape index (κ2) is 5.34. The molecule has 2 rings (SSSR count). The van der Waals surface area contributed by atoms with E-state index in [1.165, 1.54) is 4.90 Å². The molecule has 0 aromatic heterocycles. The highest BCUT2D eigenvalue weighted by Crippen LogP contribution is 2.41. The third-order valence-corrected chi connectivity index (χ3v) is 3.11. The summed E-state index contributed by atoms with van der Waals surface area (Å²) in [5.41, 5.74) is -0.436. The zero-order valence-corrected chi connectivity index (χ0v) is 10.0. The van der Waals surface area contributed by atoms with E-state index in [4.69, 9.17) is 0 Å². The molecular formula is C12H14F4N2O. The minimum atomic E-state index is -4.57. The molecule has 106 valence electrons. The monoisotopic (exact) mass is 278 g/mol. The molecule has 1 aliphatic rings. The molecule has 1 aliphatic heterocycles. The smallest absolute Gasteiger partial charge is 0.408 e. The highest BCUT2D eigenvalue weighted by molar-refractivity contribution is 5.36. The lowest BCUT2D eigenvalue weighted by Gasteiger charge is -2.36. The van der Waals surface area contributed by atoms with Crippen LogP contribution in [0.25, 0.3) is 0 Å². The van der Waals surface area contributed by atoms with Crippen LogP contribution in [0.15, 0.2) is 18.2 Å². The van der Waals surface area contributed by atoms with Gasteiger partial charge in [-0.15, -0.1) is 0 Å². The highest BCUT2D eigenvalue weighted by atomic mass is 19.4. The van der Waals surface area contributed by atoms with E-state index in [9.17, 15) is 22.7 Å². The predicted molar refractivity (Wildman–Crippen MR) is 61.3 cm³/mol. The van der Waals surface area contributed by atoms with Gasteiger partial charge < -0.3 is 10.4 Å². The van der Waals surface area contributed by atoms with E-state index in [1.54, 1.807) is 0 Å². The average Bonchev–Trinajstić information content (AvgIpc) is 2.33. The number of halogens is 4. The Morgan fingerprint density at radius 1 is 1.21 bits per heavy atom. The number of aromatic hydroxyl groups is 1. The number of phenolic OH excluding ortho intramolecular Hbond substituents is 1. The number of hydrogen-bond acceptors (Lipinski definition) is 3. The van der Waals surface area contributed by atoms with Crippen LogP contribution in [-0.4, -0.2) is 42.4 Å². The molecule has 0 spiro atoms. The molecule has 0 aliphatic carbocycles. The van der Waals surface area contributed by atoms with Crippen LogP contribution in [0.3, 0.4) is 0 Å². The summed E-state index contributed by atoms with van der Waals surface area (Å²) in [4.78, 5) is 1.20. The van der Waals surface area contributed by atoms with E-state index < -0.39 is 29.3 Å². The van der Waals surface area contributed by atoms with Gasteiger partial charge in [0.2, 0.25) is 0 Å². The van der Waals surface area contributed by atoms with Crippen molar-refractivity contribution in [2.24, 2.45) is 0 Å². The highest BCUT2D eigenvalue weighted by Gasteiger charge is 2.46. The quantitative estimate of drug-likeness (QED) is 0.813. The van der Waals surface area contributed by atoms with Crippen molar-refractivity contribution in [3.05, 3.63) is 29.6 Å². The molecule has 7 heteroatoms. The summed E-state index contributed by atoms with van der Waals surface area (Å²) in [5, 5.41) is 12.5. The summed E-state index contributed by atoms with van der Waals surface area (Å²) in [7, 11) is 0. The standard InChI is InChI=1S/C12H14F4N2O/c13-8-1-2-10(19)9(7-8)11(12(14,15)16)18-5-3-17-4-6-18/h1-2,7,11,17,19H,3-6H2/t11-/m1/s1. The van der Waals surface area contributed by atoms with Crippen LogP contribution in [0.1, 0.15) is 11.6 Å². The van der Waals surface area contributed by atoms with Crippen LogP contribution >= 0.6 is 0 Å². The van der Waals surface area contributed by atoms with Gasteiger partial charge in [-0.3, -0.25) is 4.90 Å². The first-order valence-corrected chi connectivity index (χ1v) is 5.89. The van der Waals surface area contributed by atoms with Gasteiger partial charge in [-0.1, -0.05) is 0 Å². The topological polar surface area (TPSA) is 35.5 Å². The van der Waals surface area contributed by atoms with E-state index in [-0.39, 0.29) is 13.1 Å². The largest absolute Gasteiger partial charge is 0.508 e. The number of benzene rings is 1. The first-order chi connectivity index (χ1) is 8.89. The Morgan fingerprint density at radius 2 is 1.84 bits per heavy atom. The van der Waals surface area contributed by atoms with Gasteiger partial charge in [-0.25, -0.2) is 4.39 Å². The SMILES string of the molecule is Oc1ccc(F)cc1[C@@H](N1CCNCC1)C(F)(F)F. The summed E-state index contributed by atoms with van der Waals surface area (Å²) in [6, 6.07) is 0.649. The maximum absolute atomic E-state index is 13.2. The van der Waals surface area contributed by atoms with Crippen molar-refractivity contribution in [2.45, 2.75) is 12.2 Å². The molecule has 1 aromatic rings. The number of rotatable bonds is 2. The lowest BCUT2D eigenvalue weighted by Crippen LogP contribution is -2.49. The van der Waals surface area contributed by atoms with Crippen LogP contribution in [-0.2, 0) is 0 Å². The summed E-state index contributed by atoms with van der Waals surface area (Å²) in [5.74, 6) is -1.33. The number of nitrogens with one attached hydrogen (secondary N) is 1. The lowest BCUT2D eigenvalue weighted by atomic mass is 10.0. The van der Waals surface area contributed by atoms with Crippen molar-refractivity contribution < 1.29 is 22.7 Å². The summed E-state index contributed by atoms with van der Waals surface area (Å²) in [6.07, 6.45) is -4.57. The molecule has 0 saturated carbocycles. The number of nitrogens with zero attached hydrogens (tertiary/aromatic N) is 1. The van der Waals surface area contributed by atoms with Gasteiger partial charge in [0.25, 0.3) is 0 Å². The molecule has 3 nitrogen and oxygen atoms in total. The van der Waals surface area contributed by atoms with E-state index >= 15 is 0 Å². The van der Waals surface area contributed by atoms with Gasteiger partial charge in [-0.05, 0) is 18.2 Å². The third-order valence-electron chi connectivity index (χ3n) is 3.11. The zero-order chi connectivity index (χ0) is 14.0. The number of piperazine rings is 1. The van der Waals surface area contributed by atoms with Crippen molar-refractivity contribution in [1.29, 1.82) is 0 Å². The van der Waals surface area contributed by atoms with E-state index in [1.807, 2.05) is 0 Å². The fourth-order valence-corrected chi connectivity index (χ4v) is 2.26. The lowest BCUT2D eigenvalue weighted by molar-refractivity contribution is -0.188. The Bertz CT molecular complexity index is 444. The van der Waals surface area contributed by atoms with Crippen molar-refractivity contribution in [3.8, 4) is 5.75 Å². The van der Waals surface area contributed by atoms with Gasteiger partial charge in [0, 0.05) is 31.7 Å². The predicted octanol–water partition coefficient (Wildman–Crippen LogP) is 2.04. The molecule has 1 fully saturated rings. The summed E-state index contributed by atoms with van der Waals surface area (Å²) >= 11 is 0. The van der Waals surface area contributed by atoms with Crippen molar-refractivity contribution in [2.75, 3.05) is 26.2 Å². The van der Waals surface area contributed by atoms with E-state index in [2.05, 4.69) is 5.32 Å². The second-order valence-corrected chi connectivity index (χ2v) is 4.43. The minimum absolute atomic E-state index is 0.195. The molecule has 2 N–H and O–H groups in total. The molecule has 0 radical (unpaired) electrons. The zero-order valence-electron chi connectivity index (χ0n) is 10.0. The Morgan fingerprint density at radius 3 is 2.42 bits per heavy atom. The Kier molecular flexibility index (Phi) is 3.96. The first-order valence-electron chi connectivity index (χ1n) is 5.89. The number of phenols is 1. The molecule has 1 aromatic carbocycles. The van der Waals surface area contributed by atoms with Crippen LogP contribution in [0.4, 0.5) is 17.6 Å². The van der Waals surface area contributed by atoms with Crippen LogP contribution in [0.5, 0.6) is 5.75 Å². The first kappa shape index (κ1) is 14.1. The van der Waals surface area contributed by atoms with Gasteiger partial charge in [-0.2, -0.15) is 13.2 Å². The molecule has 0 unspecified atom stereocenters. The molecule has 0 amide bonds. The van der Waals surface area contributed by atoms with Crippen LogP contribution < -0.4 is 5.32 Å². The van der Waals surface area contributed by atoms with Crippen molar-refractivity contribution in [1.82, 2.24) is 10.2 Å². The van der Waals surface area contributed by atoms with E-state index in [0.717, 1.165) is 18.2 Å². The van der Waals surface area contributed by atoms with Crippen molar-refractivity contribution >= 4 is 0 Å². The van der Waals surface area contributed by atoms with Crippen LogP contribution in [0.2, 0.25) is 0 Å². The molecular weight excluding hydrogens is 264 g/mol.